The van der Waals surface area contributed by atoms with Crippen molar-refractivity contribution >= 4 is 0 Å². The molecule has 1 unspecified atom stereocenters. The van der Waals surface area contributed by atoms with Gasteiger partial charge in [-0.1, -0.05) is 0 Å². The van der Waals surface area contributed by atoms with Crippen LogP contribution in [-0.4, -0.2) is 28.7 Å². The topological polar surface area (TPSA) is 57.9 Å². The van der Waals surface area contributed by atoms with Crippen LogP contribution in [-0.2, 0) is 13.0 Å². The number of nitrogens with two attached hydrogens (primary N) is 1. The summed E-state index contributed by atoms with van der Waals surface area (Å²) >= 11 is 0. The van der Waals surface area contributed by atoms with Crippen molar-refractivity contribution in [2.24, 2.45) is 5.73 Å². The molecule has 3 N–H and O–H groups in total. The summed E-state index contributed by atoms with van der Waals surface area (Å²) in [4.78, 5) is 2.30. The van der Waals surface area contributed by atoms with Crippen molar-refractivity contribution in [3.8, 4) is 0 Å². The average molecular weight is 180 g/mol. The molecule has 1 aliphatic rings. The summed E-state index contributed by atoms with van der Waals surface area (Å²) < 4.78 is 0. The quantitative estimate of drug-likeness (QED) is 0.658. The molecular formula is C9H16N4. The van der Waals surface area contributed by atoms with Gasteiger partial charge in [0.1, 0.15) is 0 Å². The maximum absolute atomic E-state index is 5.83. The molecule has 2 rings (SSSR count). The number of aromatic amines is 1. The van der Waals surface area contributed by atoms with Crippen LogP contribution >= 0.6 is 0 Å². The molecule has 2 heterocycles. The van der Waals surface area contributed by atoms with E-state index in [-0.39, 0.29) is 6.04 Å². The number of rotatable bonds is 1. The predicted octanol–water partition coefficient (Wildman–Crippen LogP) is 0.417. The largest absolute Gasteiger partial charge is 0.323 e. The van der Waals surface area contributed by atoms with Gasteiger partial charge in [-0.2, -0.15) is 5.10 Å². The van der Waals surface area contributed by atoms with E-state index in [0.717, 1.165) is 25.2 Å². The zero-order valence-corrected chi connectivity index (χ0v) is 8.17. The normalized spacial score (nSPS) is 19.9. The molecule has 13 heavy (non-hydrogen) atoms. The number of fused-ring (bicyclic) bond motifs is 1. The molecule has 1 aromatic rings. The van der Waals surface area contributed by atoms with Gasteiger partial charge in [0.15, 0.2) is 0 Å². The monoisotopic (exact) mass is 180 g/mol. The molecule has 0 spiro atoms. The summed E-state index contributed by atoms with van der Waals surface area (Å²) in [5.74, 6) is 0. The second kappa shape index (κ2) is 3.12. The number of nitrogens with one attached hydrogen (secondary N) is 1. The van der Waals surface area contributed by atoms with Crippen molar-refractivity contribution in [2.75, 3.05) is 13.6 Å². The van der Waals surface area contributed by atoms with Crippen molar-refractivity contribution in [1.82, 2.24) is 15.1 Å². The van der Waals surface area contributed by atoms with Gasteiger partial charge in [0.05, 0.1) is 5.69 Å². The van der Waals surface area contributed by atoms with Crippen LogP contribution in [0.25, 0.3) is 0 Å². The van der Waals surface area contributed by atoms with Crippen LogP contribution in [0, 0.1) is 0 Å². The van der Waals surface area contributed by atoms with Gasteiger partial charge < -0.3 is 10.6 Å². The number of likely N-dealkylation sites (N-methyl/N-ethyl adjacent to an activating group) is 1. The van der Waals surface area contributed by atoms with Gasteiger partial charge in [0, 0.05) is 36.8 Å². The number of aromatic nitrogens is 2. The number of nitrogens with zero attached hydrogens (tertiary/aromatic N) is 2. The van der Waals surface area contributed by atoms with E-state index < -0.39 is 0 Å². The summed E-state index contributed by atoms with van der Waals surface area (Å²) in [5.41, 5.74) is 9.43. The Balaban J connectivity index is 2.35. The van der Waals surface area contributed by atoms with Crippen LogP contribution in [0.2, 0.25) is 0 Å². The Kier molecular flexibility index (Phi) is 2.09. The van der Waals surface area contributed by atoms with E-state index >= 15 is 0 Å². The van der Waals surface area contributed by atoms with E-state index in [1.807, 2.05) is 6.92 Å². The highest BCUT2D eigenvalue weighted by atomic mass is 15.2. The second-order valence-electron chi connectivity index (χ2n) is 3.84. The minimum atomic E-state index is 0.0338. The maximum atomic E-state index is 5.83. The Morgan fingerprint density at radius 1 is 1.62 bits per heavy atom. The van der Waals surface area contributed by atoms with E-state index in [9.17, 15) is 0 Å². The summed E-state index contributed by atoms with van der Waals surface area (Å²) in [6, 6.07) is 0.0338. The van der Waals surface area contributed by atoms with Gasteiger partial charge in [-0.25, -0.2) is 0 Å². The van der Waals surface area contributed by atoms with Gasteiger partial charge in [-0.15, -0.1) is 0 Å². The molecule has 0 saturated heterocycles. The van der Waals surface area contributed by atoms with Gasteiger partial charge in [-0.3, -0.25) is 5.10 Å². The lowest BCUT2D eigenvalue weighted by molar-refractivity contribution is 0.310. The van der Waals surface area contributed by atoms with Gasteiger partial charge in [0.25, 0.3) is 0 Å². The van der Waals surface area contributed by atoms with Crippen LogP contribution in [0.4, 0.5) is 0 Å². The van der Waals surface area contributed by atoms with Gasteiger partial charge in [-0.05, 0) is 14.0 Å². The van der Waals surface area contributed by atoms with Crippen molar-refractivity contribution in [1.29, 1.82) is 0 Å². The lowest BCUT2D eigenvalue weighted by atomic mass is 10.0. The minimum Gasteiger partial charge on any atom is -0.323 e. The van der Waals surface area contributed by atoms with Crippen molar-refractivity contribution < 1.29 is 0 Å². The zero-order valence-electron chi connectivity index (χ0n) is 8.17. The van der Waals surface area contributed by atoms with Crippen LogP contribution in [0.1, 0.15) is 29.9 Å². The number of hydrogen-bond donors (Lipinski definition) is 2. The van der Waals surface area contributed by atoms with Crippen LogP contribution in [0.5, 0.6) is 0 Å². The van der Waals surface area contributed by atoms with E-state index in [1.165, 1.54) is 11.3 Å². The Bertz CT molecular complexity index is 303. The summed E-state index contributed by atoms with van der Waals surface area (Å²) in [6.07, 6.45) is 1.06. The Hall–Kier alpha value is -0.870. The van der Waals surface area contributed by atoms with E-state index in [4.69, 9.17) is 5.73 Å². The van der Waals surface area contributed by atoms with E-state index in [2.05, 4.69) is 22.1 Å². The Labute approximate surface area is 78.1 Å². The average Bonchev–Trinajstić information content (AvgIpc) is 2.46. The predicted molar refractivity (Wildman–Crippen MR) is 51.2 cm³/mol. The van der Waals surface area contributed by atoms with Crippen molar-refractivity contribution in [3.05, 3.63) is 17.0 Å². The molecule has 0 amide bonds. The Morgan fingerprint density at radius 2 is 2.38 bits per heavy atom. The first-order valence-corrected chi connectivity index (χ1v) is 4.68. The van der Waals surface area contributed by atoms with E-state index in [1.54, 1.807) is 0 Å². The fourth-order valence-corrected chi connectivity index (χ4v) is 1.83. The van der Waals surface area contributed by atoms with E-state index in [0.29, 0.717) is 0 Å². The summed E-state index contributed by atoms with van der Waals surface area (Å²) in [6.45, 7) is 4.06. The highest BCUT2D eigenvalue weighted by molar-refractivity contribution is 5.29. The molecule has 0 fully saturated rings. The highest BCUT2D eigenvalue weighted by Gasteiger charge is 2.20. The van der Waals surface area contributed by atoms with Crippen LogP contribution in [0.15, 0.2) is 0 Å². The summed E-state index contributed by atoms with van der Waals surface area (Å²) in [5, 5.41) is 7.33. The SMILES string of the molecule is CC(N)c1n[nH]c2c1CN(C)CC2. The minimum absolute atomic E-state index is 0.0338. The fraction of sp³-hybridized carbons (Fsp3) is 0.667. The standard InChI is InChI=1S/C9H16N4/c1-6(10)9-7-5-13(2)4-3-8(7)11-12-9/h6H,3-5,10H2,1-2H3,(H,11,12). The van der Waals surface area contributed by atoms with Crippen molar-refractivity contribution in [3.63, 3.8) is 0 Å². The first kappa shape index (κ1) is 8.72. The molecule has 4 nitrogen and oxygen atoms in total. The molecular weight excluding hydrogens is 164 g/mol. The smallest absolute Gasteiger partial charge is 0.0834 e. The molecule has 1 aromatic heterocycles. The maximum Gasteiger partial charge on any atom is 0.0834 e. The fourth-order valence-electron chi connectivity index (χ4n) is 1.83. The third-order valence-corrected chi connectivity index (χ3v) is 2.59. The highest BCUT2D eigenvalue weighted by Crippen LogP contribution is 2.22. The molecule has 72 valence electrons. The van der Waals surface area contributed by atoms with Crippen molar-refractivity contribution in [2.45, 2.75) is 25.9 Å². The van der Waals surface area contributed by atoms with Gasteiger partial charge >= 0.3 is 0 Å². The van der Waals surface area contributed by atoms with Crippen LogP contribution in [0.3, 0.4) is 0 Å². The second-order valence-corrected chi connectivity index (χ2v) is 3.84. The molecule has 0 aromatic carbocycles. The number of H-pyrrole nitrogens is 1. The van der Waals surface area contributed by atoms with Gasteiger partial charge in [0.2, 0.25) is 0 Å². The van der Waals surface area contributed by atoms with Crippen LogP contribution < -0.4 is 5.73 Å². The molecule has 1 aliphatic heterocycles. The lowest BCUT2D eigenvalue weighted by Gasteiger charge is -2.22. The summed E-state index contributed by atoms with van der Waals surface area (Å²) in [7, 11) is 2.13. The lowest BCUT2D eigenvalue weighted by Crippen LogP contribution is -2.27. The third-order valence-electron chi connectivity index (χ3n) is 2.59. The molecule has 0 aliphatic carbocycles. The molecule has 0 saturated carbocycles. The molecule has 0 radical (unpaired) electrons. The third kappa shape index (κ3) is 1.47. The Morgan fingerprint density at radius 3 is 3.08 bits per heavy atom. The number of hydrogen-bond acceptors (Lipinski definition) is 3. The molecule has 1 atom stereocenters. The molecule has 4 heteroatoms. The first-order chi connectivity index (χ1) is 6.18. The first-order valence-electron chi connectivity index (χ1n) is 4.68. The zero-order chi connectivity index (χ0) is 9.42. The molecule has 0 bridgehead atoms.